The normalized spacial score (nSPS) is 16.8. The zero-order chi connectivity index (χ0) is 17.6. The van der Waals surface area contributed by atoms with Crippen LogP contribution in [0.5, 0.6) is 0 Å². The van der Waals surface area contributed by atoms with E-state index in [2.05, 4.69) is 77.1 Å². The van der Waals surface area contributed by atoms with Gasteiger partial charge in [-0.1, -0.05) is 0 Å². The molecule has 0 radical (unpaired) electrons. The van der Waals surface area contributed by atoms with Gasteiger partial charge >= 0.3 is 161 Å². The summed E-state index contributed by atoms with van der Waals surface area (Å²) in [5.41, 5.74) is 9.44. The van der Waals surface area contributed by atoms with E-state index in [0.29, 0.717) is 0 Å². The molecule has 0 aliphatic heterocycles. The Morgan fingerprint density at radius 3 is 2.21 bits per heavy atom. The van der Waals surface area contributed by atoms with E-state index in [-0.39, 0.29) is 9.04 Å². The third-order valence-corrected chi connectivity index (χ3v) is 10.4. The molecule has 0 aromatic heterocycles. The first-order valence-electron chi connectivity index (χ1n) is 8.31. The molecular formula is C21H23Cl2Zr. The average molecular weight is 438 g/mol. The van der Waals surface area contributed by atoms with Crippen molar-refractivity contribution in [3.8, 4) is 11.1 Å². The number of aryl methyl sites for hydroxylation is 1. The van der Waals surface area contributed by atoms with E-state index in [9.17, 15) is 0 Å². The molecule has 0 saturated carbocycles. The first kappa shape index (κ1) is 18.4. The van der Waals surface area contributed by atoms with Crippen LogP contribution in [0.2, 0.25) is 0 Å². The molecule has 0 heterocycles. The number of fused-ring (bicyclic) bond motifs is 1. The number of hydrogen-bond donors (Lipinski definition) is 0. The number of hydrogen-bond acceptors (Lipinski definition) is 0. The zero-order valence-corrected chi connectivity index (χ0v) is 18.8. The predicted octanol–water partition coefficient (Wildman–Crippen LogP) is 7.34. The van der Waals surface area contributed by atoms with Crippen molar-refractivity contribution < 1.29 is 19.4 Å². The fourth-order valence-corrected chi connectivity index (χ4v) is 9.33. The number of benzene rings is 2. The Labute approximate surface area is 160 Å². The van der Waals surface area contributed by atoms with E-state index in [4.69, 9.17) is 17.0 Å². The molecule has 1 atom stereocenters. The van der Waals surface area contributed by atoms with Gasteiger partial charge in [-0.25, -0.2) is 0 Å². The Balaban J connectivity index is 2.36. The molecule has 1 unspecified atom stereocenters. The van der Waals surface area contributed by atoms with Crippen molar-refractivity contribution in [1.82, 2.24) is 0 Å². The predicted molar refractivity (Wildman–Crippen MR) is 103 cm³/mol. The van der Waals surface area contributed by atoms with Crippen LogP contribution in [0.1, 0.15) is 53.6 Å². The molecule has 125 valence electrons. The molecule has 0 bridgehead atoms. The van der Waals surface area contributed by atoms with Gasteiger partial charge in [0.15, 0.2) is 0 Å². The van der Waals surface area contributed by atoms with Crippen LogP contribution in [-0.2, 0) is 24.8 Å². The maximum absolute atomic E-state index is 6.49. The summed E-state index contributed by atoms with van der Waals surface area (Å²) in [7, 11) is 13.0. The van der Waals surface area contributed by atoms with Crippen molar-refractivity contribution in [1.29, 1.82) is 0 Å². The summed E-state index contributed by atoms with van der Waals surface area (Å²) in [6, 6.07) is 13.2. The van der Waals surface area contributed by atoms with Gasteiger partial charge in [0, 0.05) is 0 Å². The van der Waals surface area contributed by atoms with Crippen molar-refractivity contribution in [3.63, 3.8) is 0 Å². The van der Waals surface area contributed by atoms with Crippen LogP contribution in [0.4, 0.5) is 0 Å². The van der Waals surface area contributed by atoms with Gasteiger partial charge in [0.05, 0.1) is 0 Å². The molecule has 0 saturated heterocycles. The summed E-state index contributed by atoms with van der Waals surface area (Å²) >= 11 is -2.41. The maximum atomic E-state index is 6.49. The molecule has 3 heteroatoms. The van der Waals surface area contributed by atoms with E-state index >= 15 is 0 Å². The molecule has 2 aromatic carbocycles. The topological polar surface area (TPSA) is 0 Å². The van der Waals surface area contributed by atoms with Crippen LogP contribution < -0.4 is 0 Å². The average Bonchev–Trinajstić information content (AvgIpc) is 2.82. The van der Waals surface area contributed by atoms with Crippen molar-refractivity contribution >= 4 is 23.1 Å². The number of rotatable bonds is 2. The Morgan fingerprint density at radius 2 is 1.62 bits per heavy atom. The van der Waals surface area contributed by atoms with Crippen LogP contribution in [0.25, 0.3) is 17.2 Å². The van der Waals surface area contributed by atoms with Gasteiger partial charge in [-0.2, -0.15) is 0 Å². The van der Waals surface area contributed by atoms with Crippen LogP contribution in [-0.4, -0.2) is 0 Å². The monoisotopic (exact) mass is 435 g/mol. The van der Waals surface area contributed by atoms with E-state index in [1.54, 1.807) is 0 Å². The summed E-state index contributed by atoms with van der Waals surface area (Å²) < 4.78 is 0.280. The Bertz CT molecular complexity index is 813. The van der Waals surface area contributed by atoms with E-state index < -0.39 is 19.4 Å². The van der Waals surface area contributed by atoms with E-state index in [1.807, 2.05) is 0 Å². The van der Waals surface area contributed by atoms with E-state index in [0.717, 1.165) is 0 Å². The molecule has 1 aliphatic carbocycles. The molecule has 1 aliphatic rings. The summed E-state index contributed by atoms with van der Waals surface area (Å²) in [6.45, 7) is 11.2. The van der Waals surface area contributed by atoms with Gasteiger partial charge in [0.1, 0.15) is 0 Å². The fraction of sp³-hybridized carbons (Fsp3) is 0.333. The molecule has 2 aromatic rings. The fourth-order valence-electron chi connectivity index (χ4n) is 3.66. The molecule has 0 nitrogen and oxygen atoms in total. The molecule has 24 heavy (non-hydrogen) atoms. The SMILES string of the molecule is CC1=Cc2c(ccc(C(C)(C)C)c2-c2ccccc2C)[CH]1[Zr]([Cl])[Cl]. The molecule has 0 fully saturated rings. The minimum absolute atomic E-state index is 0.0794. The van der Waals surface area contributed by atoms with Crippen molar-refractivity contribution in [2.24, 2.45) is 0 Å². The molecular weight excluding hydrogens is 414 g/mol. The Hall–Kier alpha value is -0.357. The second-order valence-electron chi connectivity index (χ2n) is 7.67. The van der Waals surface area contributed by atoms with Gasteiger partial charge in [-0.15, -0.1) is 0 Å². The Morgan fingerprint density at radius 1 is 0.958 bits per heavy atom. The van der Waals surface area contributed by atoms with Gasteiger partial charge in [-0.05, 0) is 0 Å². The molecule has 0 N–H and O–H groups in total. The van der Waals surface area contributed by atoms with Gasteiger partial charge < -0.3 is 0 Å². The van der Waals surface area contributed by atoms with Crippen molar-refractivity contribution in [2.45, 2.75) is 43.7 Å². The molecule has 3 rings (SSSR count). The van der Waals surface area contributed by atoms with Gasteiger partial charge in [0.25, 0.3) is 0 Å². The van der Waals surface area contributed by atoms with Gasteiger partial charge in [-0.3, -0.25) is 0 Å². The third kappa shape index (κ3) is 3.21. The standard InChI is InChI=1S/C21H23.2ClH.Zr/c1-14-12-16-10-11-19(21(3,4)5)20(18(16)13-14)17-9-7-6-8-15(17)2;;;/h6-13H,1-5H3;2*1H;/q;;;+2/p-2. The first-order valence-corrected chi connectivity index (χ1v) is 16.1. The summed E-state index contributed by atoms with van der Waals surface area (Å²) in [5, 5.41) is 0. The van der Waals surface area contributed by atoms with Crippen LogP contribution >= 0.6 is 17.0 Å². The molecule has 0 spiro atoms. The van der Waals surface area contributed by atoms with Gasteiger partial charge in [0.2, 0.25) is 0 Å². The third-order valence-electron chi connectivity index (χ3n) is 4.86. The zero-order valence-electron chi connectivity index (χ0n) is 14.9. The van der Waals surface area contributed by atoms with Crippen molar-refractivity contribution in [3.05, 3.63) is 64.2 Å². The van der Waals surface area contributed by atoms with Crippen LogP contribution in [0, 0.1) is 6.92 Å². The quantitative estimate of drug-likeness (QED) is 0.461. The van der Waals surface area contributed by atoms with Crippen molar-refractivity contribution in [2.75, 3.05) is 0 Å². The number of allylic oxidation sites excluding steroid dienone is 1. The second kappa shape index (κ2) is 6.75. The summed E-state index contributed by atoms with van der Waals surface area (Å²) in [6.07, 6.45) is 2.32. The Kier molecular flexibility index (Phi) is 5.18. The summed E-state index contributed by atoms with van der Waals surface area (Å²) in [4.78, 5) is 0. The molecule has 0 amide bonds. The van der Waals surface area contributed by atoms with Crippen LogP contribution in [0.3, 0.4) is 0 Å². The first-order chi connectivity index (χ1) is 11.2. The second-order valence-corrected chi connectivity index (χ2v) is 16.5. The van der Waals surface area contributed by atoms with Crippen LogP contribution in [0.15, 0.2) is 42.0 Å². The number of halogens is 2. The van der Waals surface area contributed by atoms with E-state index in [1.165, 1.54) is 39.0 Å². The minimum atomic E-state index is -2.41. The summed E-state index contributed by atoms with van der Waals surface area (Å²) in [5.74, 6) is 0.